The predicted octanol–water partition coefficient (Wildman–Crippen LogP) is 5.86. The van der Waals surface area contributed by atoms with Crippen molar-refractivity contribution in [3.63, 3.8) is 0 Å². The van der Waals surface area contributed by atoms with Gasteiger partial charge in [0.15, 0.2) is 0 Å². The molecule has 2 aromatic carbocycles. The van der Waals surface area contributed by atoms with Crippen LogP contribution in [0.2, 0.25) is 5.02 Å². The third-order valence-corrected chi connectivity index (χ3v) is 4.76. The van der Waals surface area contributed by atoms with Gasteiger partial charge in [-0.25, -0.2) is 9.59 Å². The maximum absolute atomic E-state index is 12.9. The zero-order valence-corrected chi connectivity index (χ0v) is 17.9. The Balaban J connectivity index is 2.62. The summed E-state index contributed by atoms with van der Waals surface area (Å²) in [6.45, 7) is 6.65. The van der Waals surface area contributed by atoms with Crippen LogP contribution in [0.15, 0.2) is 48.5 Å². The first-order valence-corrected chi connectivity index (χ1v) is 10.4. The zero-order valence-electron chi connectivity index (χ0n) is 17.2. The summed E-state index contributed by atoms with van der Waals surface area (Å²) in [5.74, 6) is -0.415. The molecular formula is C23H28ClNO4. The van der Waals surface area contributed by atoms with Crippen molar-refractivity contribution < 1.29 is 19.1 Å². The van der Waals surface area contributed by atoms with Gasteiger partial charge < -0.3 is 9.47 Å². The van der Waals surface area contributed by atoms with E-state index in [1.807, 2.05) is 24.3 Å². The lowest BCUT2D eigenvalue weighted by Gasteiger charge is -2.32. The fourth-order valence-electron chi connectivity index (χ4n) is 3.16. The lowest BCUT2D eigenvalue weighted by Crippen LogP contribution is -2.37. The van der Waals surface area contributed by atoms with E-state index in [0.29, 0.717) is 22.7 Å². The largest absolute Gasteiger partial charge is 0.462 e. The van der Waals surface area contributed by atoms with Crippen LogP contribution in [-0.2, 0) is 9.47 Å². The minimum atomic E-state index is -0.501. The van der Waals surface area contributed by atoms with Gasteiger partial charge in [-0.3, -0.25) is 4.90 Å². The van der Waals surface area contributed by atoms with Gasteiger partial charge in [0, 0.05) is 11.6 Å². The van der Waals surface area contributed by atoms with Gasteiger partial charge in [-0.2, -0.15) is 0 Å². The second-order valence-electron chi connectivity index (χ2n) is 6.51. The molecule has 2 rings (SSSR count). The Morgan fingerprint density at radius 1 is 0.966 bits per heavy atom. The monoisotopic (exact) mass is 417 g/mol. The van der Waals surface area contributed by atoms with E-state index in [2.05, 4.69) is 6.92 Å². The Hall–Kier alpha value is -2.53. The number of ether oxygens (including phenoxy) is 2. The van der Waals surface area contributed by atoms with Crippen LogP contribution in [-0.4, -0.2) is 36.7 Å². The van der Waals surface area contributed by atoms with Gasteiger partial charge in [0.1, 0.15) is 0 Å². The number of carbonyl (C=O) groups excluding carboxylic acids is 2. The second-order valence-corrected chi connectivity index (χ2v) is 6.94. The molecule has 5 nitrogen and oxygen atoms in total. The molecule has 1 amide bonds. The van der Waals surface area contributed by atoms with Crippen molar-refractivity contribution in [2.75, 3.05) is 19.8 Å². The molecule has 0 N–H and O–H groups in total. The van der Waals surface area contributed by atoms with Crippen LogP contribution >= 0.6 is 11.6 Å². The average molecular weight is 418 g/mol. The fraction of sp³-hybridized carbons (Fsp3) is 0.391. The second kappa shape index (κ2) is 11.5. The topological polar surface area (TPSA) is 55.8 Å². The SMILES string of the molecule is CCCCN(C(=O)OCC)C(c1ccc(Cl)cc1)c1ccccc1C(=O)OCC. The molecule has 0 saturated heterocycles. The molecule has 1 unspecified atom stereocenters. The number of unbranched alkanes of at least 4 members (excludes halogenated alkanes) is 1. The van der Waals surface area contributed by atoms with Gasteiger partial charge in [-0.1, -0.05) is 55.3 Å². The summed E-state index contributed by atoms with van der Waals surface area (Å²) in [6.07, 6.45) is 1.31. The highest BCUT2D eigenvalue weighted by Crippen LogP contribution is 2.33. The van der Waals surface area contributed by atoms with Crippen molar-refractivity contribution >= 4 is 23.7 Å². The molecule has 29 heavy (non-hydrogen) atoms. The fourth-order valence-corrected chi connectivity index (χ4v) is 3.29. The molecule has 0 aliphatic rings. The molecule has 1 atom stereocenters. The van der Waals surface area contributed by atoms with E-state index < -0.39 is 18.1 Å². The number of rotatable bonds is 9. The Labute approximate surface area is 177 Å². The number of benzene rings is 2. The van der Waals surface area contributed by atoms with Gasteiger partial charge in [0.2, 0.25) is 0 Å². The molecule has 0 aliphatic heterocycles. The number of esters is 1. The molecule has 0 aliphatic carbocycles. The first-order chi connectivity index (χ1) is 14.0. The summed E-state index contributed by atoms with van der Waals surface area (Å²) in [7, 11) is 0. The maximum atomic E-state index is 12.9. The molecule has 156 valence electrons. The first-order valence-electron chi connectivity index (χ1n) is 9.98. The van der Waals surface area contributed by atoms with Crippen molar-refractivity contribution in [3.05, 3.63) is 70.2 Å². The third kappa shape index (κ3) is 5.97. The quantitative estimate of drug-likeness (QED) is 0.479. The molecule has 6 heteroatoms. The van der Waals surface area contributed by atoms with Crippen molar-refractivity contribution in [2.24, 2.45) is 0 Å². The van der Waals surface area contributed by atoms with E-state index in [9.17, 15) is 9.59 Å². The zero-order chi connectivity index (χ0) is 21.2. The van der Waals surface area contributed by atoms with Crippen LogP contribution in [0.3, 0.4) is 0 Å². The van der Waals surface area contributed by atoms with Crippen molar-refractivity contribution in [1.82, 2.24) is 4.90 Å². The van der Waals surface area contributed by atoms with E-state index in [0.717, 1.165) is 18.4 Å². The maximum Gasteiger partial charge on any atom is 0.410 e. The molecule has 2 aromatic rings. The summed E-state index contributed by atoms with van der Waals surface area (Å²) < 4.78 is 10.6. The van der Waals surface area contributed by atoms with E-state index in [4.69, 9.17) is 21.1 Å². The summed E-state index contributed by atoms with van der Waals surface area (Å²) in [5.41, 5.74) is 1.97. The third-order valence-electron chi connectivity index (χ3n) is 4.50. The Morgan fingerprint density at radius 2 is 1.62 bits per heavy atom. The normalized spacial score (nSPS) is 11.6. The molecule has 0 spiro atoms. The minimum absolute atomic E-state index is 0.272. The number of halogens is 1. The molecule has 0 radical (unpaired) electrons. The van der Waals surface area contributed by atoms with Crippen LogP contribution < -0.4 is 0 Å². The molecular weight excluding hydrogens is 390 g/mol. The summed E-state index contributed by atoms with van der Waals surface area (Å²) >= 11 is 6.08. The number of carbonyl (C=O) groups is 2. The predicted molar refractivity (Wildman–Crippen MR) is 114 cm³/mol. The summed E-state index contributed by atoms with van der Waals surface area (Å²) in [5, 5.41) is 0.599. The van der Waals surface area contributed by atoms with Gasteiger partial charge in [-0.15, -0.1) is 0 Å². The van der Waals surface area contributed by atoms with Crippen LogP contribution in [0.25, 0.3) is 0 Å². The van der Waals surface area contributed by atoms with Crippen LogP contribution in [0.1, 0.15) is 61.1 Å². The molecule has 0 fully saturated rings. The lowest BCUT2D eigenvalue weighted by molar-refractivity contribution is 0.0520. The van der Waals surface area contributed by atoms with Crippen molar-refractivity contribution in [1.29, 1.82) is 0 Å². The van der Waals surface area contributed by atoms with E-state index in [-0.39, 0.29) is 13.2 Å². The van der Waals surface area contributed by atoms with Gasteiger partial charge >= 0.3 is 12.1 Å². The number of hydrogen-bond donors (Lipinski definition) is 0. The molecule has 0 saturated carbocycles. The van der Waals surface area contributed by atoms with E-state index >= 15 is 0 Å². The summed E-state index contributed by atoms with van der Waals surface area (Å²) in [4.78, 5) is 27.2. The Bertz CT molecular complexity index is 807. The minimum Gasteiger partial charge on any atom is -0.462 e. The smallest absolute Gasteiger partial charge is 0.410 e. The summed E-state index contributed by atoms with van der Waals surface area (Å²) in [6, 6.07) is 14.0. The van der Waals surface area contributed by atoms with E-state index in [1.54, 1.807) is 43.0 Å². The molecule has 0 bridgehead atoms. The van der Waals surface area contributed by atoms with Gasteiger partial charge in [-0.05, 0) is 49.6 Å². The first kappa shape index (κ1) is 22.8. The highest BCUT2D eigenvalue weighted by Gasteiger charge is 2.30. The number of amides is 1. The lowest BCUT2D eigenvalue weighted by atomic mass is 9.93. The van der Waals surface area contributed by atoms with E-state index in [1.165, 1.54) is 0 Å². The highest BCUT2D eigenvalue weighted by atomic mass is 35.5. The Morgan fingerprint density at radius 3 is 2.24 bits per heavy atom. The van der Waals surface area contributed by atoms with Crippen molar-refractivity contribution in [2.45, 2.75) is 39.7 Å². The number of hydrogen-bond acceptors (Lipinski definition) is 4. The number of nitrogens with zero attached hydrogens (tertiary/aromatic N) is 1. The average Bonchev–Trinajstić information content (AvgIpc) is 2.72. The van der Waals surface area contributed by atoms with Crippen LogP contribution in [0, 0.1) is 0 Å². The van der Waals surface area contributed by atoms with Crippen LogP contribution in [0.5, 0.6) is 0 Å². The van der Waals surface area contributed by atoms with Gasteiger partial charge in [0.25, 0.3) is 0 Å². The van der Waals surface area contributed by atoms with Gasteiger partial charge in [0.05, 0.1) is 24.8 Å². The van der Waals surface area contributed by atoms with Crippen molar-refractivity contribution in [3.8, 4) is 0 Å². The molecule has 0 aromatic heterocycles. The Kier molecular flexibility index (Phi) is 9.00. The standard InChI is InChI=1S/C23H28ClNO4/c1-4-7-16-25(23(27)29-6-3)21(17-12-14-18(24)15-13-17)19-10-8-9-11-20(19)22(26)28-5-2/h8-15,21H,4-7,16H2,1-3H3. The highest BCUT2D eigenvalue weighted by molar-refractivity contribution is 6.30. The molecule has 0 heterocycles. The van der Waals surface area contributed by atoms with Crippen LogP contribution in [0.4, 0.5) is 4.79 Å².